The van der Waals surface area contributed by atoms with Gasteiger partial charge in [-0.2, -0.15) is 0 Å². The molecule has 0 aliphatic carbocycles. The van der Waals surface area contributed by atoms with Gasteiger partial charge in [0.1, 0.15) is 12.3 Å². The van der Waals surface area contributed by atoms with Gasteiger partial charge in [0.25, 0.3) is 0 Å². The average Bonchev–Trinajstić information content (AvgIpc) is 3.00. The number of hydrogen-bond acceptors (Lipinski definition) is 6. The van der Waals surface area contributed by atoms with Crippen LogP contribution in [0.1, 0.15) is 17.2 Å². The molecule has 2 amide bonds. The van der Waals surface area contributed by atoms with E-state index in [1.165, 1.54) is 7.11 Å². The molecule has 1 atom stereocenters. The summed E-state index contributed by atoms with van der Waals surface area (Å²) in [7, 11) is 4.71. The van der Waals surface area contributed by atoms with Gasteiger partial charge in [-0.15, -0.1) is 11.8 Å². The number of rotatable bonds is 7. The van der Waals surface area contributed by atoms with E-state index in [9.17, 15) is 9.59 Å². The number of anilines is 2. The quantitative estimate of drug-likeness (QED) is 0.519. The predicted molar refractivity (Wildman–Crippen MR) is 133 cm³/mol. The summed E-state index contributed by atoms with van der Waals surface area (Å²) in [6.07, 6.45) is 0.273. The van der Waals surface area contributed by atoms with Crippen LogP contribution in [-0.4, -0.2) is 39.7 Å². The Balaban J connectivity index is 1.55. The molecule has 0 saturated heterocycles. The first-order valence-corrected chi connectivity index (χ1v) is 11.6. The summed E-state index contributed by atoms with van der Waals surface area (Å²) in [6, 6.07) is 20.5. The summed E-state index contributed by atoms with van der Waals surface area (Å²) in [6.45, 7) is -0.0971. The Morgan fingerprint density at radius 3 is 2.41 bits per heavy atom. The van der Waals surface area contributed by atoms with E-state index in [0.717, 1.165) is 21.9 Å². The zero-order valence-corrected chi connectivity index (χ0v) is 20.1. The lowest BCUT2D eigenvalue weighted by Gasteiger charge is -2.22. The van der Waals surface area contributed by atoms with Crippen LogP contribution in [0.4, 0.5) is 11.4 Å². The van der Waals surface area contributed by atoms with Crippen molar-refractivity contribution in [2.45, 2.75) is 16.6 Å². The maximum absolute atomic E-state index is 13.3. The molecule has 1 aliphatic rings. The van der Waals surface area contributed by atoms with Gasteiger partial charge in [0, 0.05) is 28.3 Å². The number of carbonyl (C=O) groups is 2. The van der Waals surface area contributed by atoms with Crippen LogP contribution in [0.3, 0.4) is 0 Å². The molecule has 34 heavy (non-hydrogen) atoms. The minimum absolute atomic E-state index is 0.0709. The highest BCUT2D eigenvalue weighted by Gasteiger charge is 2.30. The van der Waals surface area contributed by atoms with E-state index in [1.807, 2.05) is 48.5 Å². The van der Waals surface area contributed by atoms with Crippen LogP contribution in [0.2, 0.25) is 0 Å². The van der Waals surface area contributed by atoms with Gasteiger partial charge in [-0.25, -0.2) is 0 Å². The van der Waals surface area contributed by atoms with E-state index in [2.05, 4.69) is 5.32 Å². The normalized spacial score (nSPS) is 15.2. The van der Waals surface area contributed by atoms with Crippen molar-refractivity contribution in [3.8, 4) is 17.2 Å². The molecule has 4 rings (SSSR count). The molecule has 3 aromatic carbocycles. The van der Waals surface area contributed by atoms with Gasteiger partial charge in [0.15, 0.2) is 11.5 Å². The van der Waals surface area contributed by atoms with E-state index < -0.39 is 0 Å². The van der Waals surface area contributed by atoms with Crippen LogP contribution < -0.4 is 24.4 Å². The Bertz CT molecular complexity index is 1180. The molecule has 7 nitrogen and oxygen atoms in total. The molecule has 0 radical (unpaired) electrons. The van der Waals surface area contributed by atoms with Gasteiger partial charge in [0.05, 0.1) is 27.0 Å². The maximum Gasteiger partial charge on any atom is 0.244 e. The Kier molecular flexibility index (Phi) is 7.27. The van der Waals surface area contributed by atoms with Gasteiger partial charge in [-0.05, 0) is 42.0 Å². The summed E-state index contributed by atoms with van der Waals surface area (Å²) in [4.78, 5) is 28.8. The molecule has 1 aliphatic heterocycles. The summed E-state index contributed by atoms with van der Waals surface area (Å²) < 4.78 is 15.8. The first-order chi connectivity index (χ1) is 16.5. The molecule has 0 aromatic heterocycles. The lowest BCUT2D eigenvalue weighted by Crippen LogP contribution is -2.38. The third kappa shape index (κ3) is 5.12. The van der Waals surface area contributed by atoms with E-state index >= 15 is 0 Å². The van der Waals surface area contributed by atoms with Gasteiger partial charge >= 0.3 is 0 Å². The Morgan fingerprint density at radius 2 is 1.71 bits per heavy atom. The van der Waals surface area contributed by atoms with Crippen molar-refractivity contribution < 1.29 is 23.8 Å². The molecule has 0 unspecified atom stereocenters. The highest BCUT2D eigenvalue weighted by Crippen LogP contribution is 2.45. The fourth-order valence-corrected chi connectivity index (χ4v) is 5.10. The van der Waals surface area contributed by atoms with Crippen LogP contribution in [0.25, 0.3) is 0 Å². The Labute approximate surface area is 203 Å². The smallest absolute Gasteiger partial charge is 0.244 e. The average molecular weight is 479 g/mol. The zero-order valence-electron chi connectivity index (χ0n) is 19.2. The molecular formula is C26H26N2O5S. The third-order valence-corrected chi connectivity index (χ3v) is 6.87. The summed E-state index contributed by atoms with van der Waals surface area (Å²) in [5, 5.41) is 2.78. The van der Waals surface area contributed by atoms with Crippen LogP contribution in [-0.2, 0) is 9.59 Å². The number of nitrogens with one attached hydrogen (secondary N) is 1. The standard InChI is InChI=1S/C26H26N2O5S/c1-31-19-11-8-17(9-12-19)24-15-26(30)28(20-6-4-5-7-23(20)34-24)16-25(29)27-18-10-13-21(32-2)22(14-18)33-3/h4-14,24H,15-16H2,1-3H3,(H,27,29)/t24-/m0/s1. The summed E-state index contributed by atoms with van der Waals surface area (Å²) >= 11 is 1.63. The van der Waals surface area contributed by atoms with Crippen molar-refractivity contribution in [3.05, 3.63) is 72.3 Å². The number of ether oxygens (including phenoxy) is 3. The predicted octanol–water partition coefficient (Wildman–Crippen LogP) is 4.92. The monoisotopic (exact) mass is 478 g/mol. The lowest BCUT2D eigenvalue weighted by molar-refractivity contribution is -0.121. The molecule has 176 valence electrons. The second-order valence-electron chi connectivity index (χ2n) is 7.65. The molecule has 0 spiro atoms. The second-order valence-corrected chi connectivity index (χ2v) is 8.89. The number of hydrogen-bond donors (Lipinski definition) is 1. The van der Waals surface area contributed by atoms with Gasteiger partial charge in [-0.3, -0.25) is 9.59 Å². The fraction of sp³-hybridized carbons (Fsp3) is 0.231. The van der Waals surface area contributed by atoms with Crippen molar-refractivity contribution in [2.75, 3.05) is 38.1 Å². The first kappa shape index (κ1) is 23.5. The van der Waals surface area contributed by atoms with Crippen molar-refractivity contribution >= 4 is 35.0 Å². The van der Waals surface area contributed by atoms with Crippen molar-refractivity contribution in [1.29, 1.82) is 0 Å². The number of fused-ring (bicyclic) bond motifs is 1. The summed E-state index contributed by atoms with van der Waals surface area (Å²) in [5.41, 5.74) is 2.32. The van der Waals surface area contributed by atoms with E-state index in [-0.39, 0.29) is 30.0 Å². The minimum atomic E-state index is -0.303. The van der Waals surface area contributed by atoms with E-state index in [0.29, 0.717) is 17.2 Å². The number of nitrogens with zero attached hydrogens (tertiary/aromatic N) is 1. The van der Waals surface area contributed by atoms with Crippen molar-refractivity contribution in [2.24, 2.45) is 0 Å². The second kappa shape index (κ2) is 10.5. The van der Waals surface area contributed by atoms with Crippen LogP contribution in [0.5, 0.6) is 17.2 Å². The van der Waals surface area contributed by atoms with Crippen molar-refractivity contribution in [1.82, 2.24) is 0 Å². The SMILES string of the molecule is COc1ccc([C@@H]2CC(=O)N(CC(=O)Nc3ccc(OC)c(OC)c3)c3ccccc3S2)cc1. The Morgan fingerprint density at radius 1 is 0.971 bits per heavy atom. The number of para-hydroxylation sites is 1. The van der Waals surface area contributed by atoms with E-state index in [1.54, 1.807) is 49.1 Å². The topological polar surface area (TPSA) is 77.1 Å². The molecule has 1 heterocycles. The van der Waals surface area contributed by atoms with E-state index in [4.69, 9.17) is 14.2 Å². The molecule has 0 fully saturated rings. The highest BCUT2D eigenvalue weighted by molar-refractivity contribution is 7.99. The molecule has 3 aromatic rings. The third-order valence-electron chi connectivity index (χ3n) is 5.54. The highest BCUT2D eigenvalue weighted by atomic mass is 32.2. The lowest BCUT2D eigenvalue weighted by atomic mass is 10.1. The van der Waals surface area contributed by atoms with Crippen molar-refractivity contribution in [3.63, 3.8) is 0 Å². The summed E-state index contributed by atoms with van der Waals surface area (Å²) in [5.74, 6) is 1.43. The van der Waals surface area contributed by atoms with Gasteiger partial charge in [-0.1, -0.05) is 24.3 Å². The van der Waals surface area contributed by atoms with Crippen LogP contribution in [0.15, 0.2) is 71.6 Å². The maximum atomic E-state index is 13.3. The molecule has 0 bridgehead atoms. The molecule has 8 heteroatoms. The number of benzene rings is 3. The molecule has 0 saturated carbocycles. The first-order valence-electron chi connectivity index (χ1n) is 10.7. The van der Waals surface area contributed by atoms with Crippen LogP contribution >= 0.6 is 11.8 Å². The number of amides is 2. The Hall–Kier alpha value is -3.65. The number of carbonyl (C=O) groups excluding carboxylic acids is 2. The largest absolute Gasteiger partial charge is 0.497 e. The van der Waals surface area contributed by atoms with Gasteiger partial charge in [0.2, 0.25) is 11.8 Å². The number of methoxy groups -OCH3 is 3. The fourth-order valence-electron chi connectivity index (χ4n) is 3.81. The zero-order chi connectivity index (χ0) is 24.1. The van der Waals surface area contributed by atoms with Gasteiger partial charge < -0.3 is 24.4 Å². The number of thioether (sulfide) groups is 1. The molecule has 1 N–H and O–H groups in total. The minimum Gasteiger partial charge on any atom is -0.497 e. The van der Waals surface area contributed by atoms with Crippen LogP contribution in [0, 0.1) is 0 Å². The molecular weight excluding hydrogens is 452 g/mol.